The molecular weight excluding hydrogens is 252 g/mol. The molecule has 0 radical (unpaired) electrons. The highest BCUT2D eigenvalue weighted by molar-refractivity contribution is 5.45. The molecule has 0 unspecified atom stereocenters. The van der Waals surface area contributed by atoms with Crippen molar-refractivity contribution in [3.05, 3.63) is 47.7 Å². The van der Waals surface area contributed by atoms with Gasteiger partial charge < -0.3 is 15.2 Å². The molecule has 0 aliphatic rings. The third-order valence-corrected chi connectivity index (χ3v) is 3.13. The highest BCUT2D eigenvalue weighted by atomic mass is 16.5. The second-order valence-corrected chi connectivity index (χ2v) is 4.63. The second kappa shape index (κ2) is 6.39. The van der Waals surface area contributed by atoms with Crippen LogP contribution < -0.4 is 15.2 Å². The van der Waals surface area contributed by atoms with Crippen LogP contribution in [0.5, 0.6) is 17.4 Å². The minimum absolute atomic E-state index is 0.139. The fourth-order valence-electron chi connectivity index (χ4n) is 1.96. The standard InChI is InChI=1S/C16H20N2O2/c1-4-12-7-8-14(15(10-12)19-3)20-16-13(11(2)17)6-5-9-18-16/h5-11H,4,17H2,1-3H3/t11-/m0/s1. The van der Waals surface area contributed by atoms with Gasteiger partial charge in [0.15, 0.2) is 11.5 Å². The first-order chi connectivity index (χ1) is 9.65. The maximum Gasteiger partial charge on any atom is 0.224 e. The molecule has 0 amide bonds. The highest BCUT2D eigenvalue weighted by Crippen LogP contribution is 2.34. The summed E-state index contributed by atoms with van der Waals surface area (Å²) in [5.41, 5.74) is 8.00. The van der Waals surface area contributed by atoms with Crippen molar-refractivity contribution in [3.63, 3.8) is 0 Å². The molecule has 20 heavy (non-hydrogen) atoms. The van der Waals surface area contributed by atoms with E-state index in [-0.39, 0.29) is 6.04 Å². The van der Waals surface area contributed by atoms with E-state index >= 15 is 0 Å². The summed E-state index contributed by atoms with van der Waals surface area (Å²) in [6.07, 6.45) is 2.64. The summed E-state index contributed by atoms with van der Waals surface area (Å²) in [5, 5.41) is 0. The van der Waals surface area contributed by atoms with Gasteiger partial charge in [-0.05, 0) is 37.1 Å². The number of benzene rings is 1. The zero-order valence-corrected chi connectivity index (χ0v) is 12.1. The Morgan fingerprint density at radius 3 is 2.70 bits per heavy atom. The lowest BCUT2D eigenvalue weighted by Gasteiger charge is -2.14. The lowest BCUT2D eigenvalue weighted by molar-refractivity contribution is 0.371. The number of nitrogens with two attached hydrogens (primary N) is 1. The van der Waals surface area contributed by atoms with Gasteiger partial charge >= 0.3 is 0 Å². The maximum atomic E-state index is 5.93. The van der Waals surface area contributed by atoms with Crippen molar-refractivity contribution < 1.29 is 9.47 Å². The molecule has 1 atom stereocenters. The van der Waals surface area contributed by atoms with Gasteiger partial charge in [0.25, 0.3) is 0 Å². The van der Waals surface area contributed by atoms with Crippen LogP contribution in [-0.2, 0) is 6.42 Å². The molecule has 1 aromatic carbocycles. The van der Waals surface area contributed by atoms with Crippen molar-refractivity contribution in [2.45, 2.75) is 26.3 Å². The summed E-state index contributed by atoms with van der Waals surface area (Å²) in [5.74, 6) is 1.86. The van der Waals surface area contributed by atoms with Crippen molar-refractivity contribution in [2.24, 2.45) is 5.73 Å². The summed E-state index contributed by atoms with van der Waals surface area (Å²) in [4.78, 5) is 4.26. The Hall–Kier alpha value is -2.07. The Morgan fingerprint density at radius 2 is 2.05 bits per heavy atom. The molecule has 106 valence electrons. The largest absolute Gasteiger partial charge is 0.493 e. The number of aryl methyl sites for hydroxylation is 1. The molecular formula is C16H20N2O2. The van der Waals surface area contributed by atoms with Crippen LogP contribution in [0.3, 0.4) is 0 Å². The lowest BCUT2D eigenvalue weighted by atomic mass is 10.1. The minimum Gasteiger partial charge on any atom is -0.493 e. The van der Waals surface area contributed by atoms with Gasteiger partial charge in [0.2, 0.25) is 5.88 Å². The van der Waals surface area contributed by atoms with E-state index < -0.39 is 0 Å². The van der Waals surface area contributed by atoms with Crippen molar-refractivity contribution in [3.8, 4) is 17.4 Å². The molecule has 4 nitrogen and oxygen atoms in total. The number of aromatic nitrogens is 1. The van der Waals surface area contributed by atoms with Crippen LogP contribution in [0.4, 0.5) is 0 Å². The zero-order valence-electron chi connectivity index (χ0n) is 12.1. The second-order valence-electron chi connectivity index (χ2n) is 4.63. The number of pyridine rings is 1. The highest BCUT2D eigenvalue weighted by Gasteiger charge is 2.12. The van der Waals surface area contributed by atoms with E-state index in [4.69, 9.17) is 15.2 Å². The Bertz CT molecular complexity index is 582. The van der Waals surface area contributed by atoms with Crippen LogP contribution in [0.1, 0.15) is 31.0 Å². The van der Waals surface area contributed by atoms with E-state index in [2.05, 4.69) is 11.9 Å². The van der Waals surface area contributed by atoms with Crippen molar-refractivity contribution in [1.29, 1.82) is 0 Å². The van der Waals surface area contributed by atoms with E-state index in [0.717, 1.165) is 12.0 Å². The first-order valence-electron chi connectivity index (χ1n) is 6.71. The molecule has 1 heterocycles. The smallest absolute Gasteiger partial charge is 0.224 e. The summed E-state index contributed by atoms with van der Waals surface area (Å²) in [7, 11) is 1.63. The Balaban J connectivity index is 2.35. The Labute approximate surface area is 119 Å². The van der Waals surface area contributed by atoms with Crippen LogP contribution in [-0.4, -0.2) is 12.1 Å². The molecule has 0 saturated heterocycles. The molecule has 2 rings (SSSR count). The van der Waals surface area contributed by atoms with Gasteiger partial charge in [-0.3, -0.25) is 0 Å². The fraction of sp³-hybridized carbons (Fsp3) is 0.312. The van der Waals surface area contributed by atoms with Crippen LogP contribution in [0.2, 0.25) is 0 Å². The van der Waals surface area contributed by atoms with Crippen LogP contribution in [0, 0.1) is 0 Å². The van der Waals surface area contributed by atoms with Crippen LogP contribution >= 0.6 is 0 Å². The monoisotopic (exact) mass is 272 g/mol. The van der Waals surface area contributed by atoms with Gasteiger partial charge in [-0.1, -0.05) is 19.1 Å². The molecule has 0 bridgehead atoms. The third kappa shape index (κ3) is 3.08. The number of nitrogens with zero attached hydrogens (tertiary/aromatic N) is 1. The van der Waals surface area contributed by atoms with Gasteiger partial charge in [-0.2, -0.15) is 0 Å². The van der Waals surface area contributed by atoms with Gasteiger partial charge in [0.1, 0.15) is 0 Å². The number of methoxy groups -OCH3 is 1. The average Bonchev–Trinajstić information content (AvgIpc) is 2.48. The SMILES string of the molecule is CCc1ccc(Oc2ncccc2[C@H](C)N)c(OC)c1. The Morgan fingerprint density at radius 1 is 1.25 bits per heavy atom. The summed E-state index contributed by atoms with van der Waals surface area (Å²) in [6.45, 7) is 4.00. The molecule has 0 saturated carbocycles. The number of rotatable bonds is 5. The maximum absolute atomic E-state index is 5.93. The topological polar surface area (TPSA) is 57.4 Å². The molecule has 2 N–H and O–H groups in total. The van der Waals surface area contributed by atoms with Crippen molar-refractivity contribution in [1.82, 2.24) is 4.98 Å². The predicted molar refractivity (Wildman–Crippen MR) is 79.3 cm³/mol. The van der Waals surface area contributed by atoms with Gasteiger partial charge in [0, 0.05) is 17.8 Å². The third-order valence-electron chi connectivity index (χ3n) is 3.13. The summed E-state index contributed by atoms with van der Waals surface area (Å²) in [6, 6.07) is 9.52. The first-order valence-corrected chi connectivity index (χ1v) is 6.71. The molecule has 4 heteroatoms. The molecule has 0 aliphatic carbocycles. The van der Waals surface area contributed by atoms with Gasteiger partial charge in [0.05, 0.1) is 7.11 Å². The molecule has 1 aromatic heterocycles. The van der Waals surface area contributed by atoms with E-state index in [1.165, 1.54) is 5.56 Å². The van der Waals surface area contributed by atoms with Crippen LogP contribution in [0.15, 0.2) is 36.5 Å². The van der Waals surface area contributed by atoms with E-state index in [1.807, 2.05) is 37.3 Å². The predicted octanol–water partition coefficient (Wildman–Crippen LogP) is 3.46. The summed E-state index contributed by atoms with van der Waals surface area (Å²) < 4.78 is 11.3. The zero-order chi connectivity index (χ0) is 14.5. The van der Waals surface area contributed by atoms with Gasteiger partial charge in [-0.25, -0.2) is 4.98 Å². The van der Waals surface area contributed by atoms with Crippen molar-refractivity contribution in [2.75, 3.05) is 7.11 Å². The van der Waals surface area contributed by atoms with Gasteiger partial charge in [-0.15, -0.1) is 0 Å². The number of hydrogen-bond donors (Lipinski definition) is 1. The molecule has 0 fully saturated rings. The number of hydrogen-bond acceptors (Lipinski definition) is 4. The molecule has 2 aromatic rings. The minimum atomic E-state index is -0.139. The average molecular weight is 272 g/mol. The summed E-state index contributed by atoms with van der Waals surface area (Å²) >= 11 is 0. The fourth-order valence-corrected chi connectivity index (χ4v) is 1.96. The van der Waals surface area contributed by atoms with E-state index in [9.17, 15) is 0 Å². The molecule has 0 spiro atoms. The molecule has 0 aliphatic heterocycles. The van der Waals surface area contributed by atoms with E-state index in [1.54, 1.807) is 13.3 Å². The normalized spacial score (nSPS) is 12.0. The Kier molecular flexibility index (Phi) is 4.58. The lowest BCUT2D eigenvalue weighted by Crippen LogP contribution is -2.07. The quantitative estimate of drug-likeness (QED) is 0.905. The van der Waals surface area contributed by atoms with E-state index in [0.29, 0.717) is 17.4 Å². The van der Waals surface area contributed by atoms with Crippen LogP contribution in [0.25, 0.3) is 0 Å². The first kappa shape index (κ1) is 14.3. The number of ether oxygens (including phenoxy) is 2. The van der Waals surface area contributed by atoms with Crippen molar-refractivity contribution >= 4 is 0 Å².